The van der Waals surface area contributed by atoms with Gasteiger partial charge in [0.25, 0.3) is 0 Å². The summed E-state index contributed by atoms with van der Waals surface area (Å²) in [5.41, 5.74) is 5.62. The molecule has 0 radical (unpaired) electrons. The zero-order valence-electron chi connectivity index (χ0n) is 11.4. The van der Waals surface area contributed by atoms with E-state index in [0.717, 1.165) is 29.5 Å². The van der Waals surface area contributed by atoms with E-state index in [0.29, 0.717) is 5.56 Å². The lowest BCUT2D eigenvalue weighted by Gasteiger charge is -2.32. The van der Waals surface area contributed by atoms with Gasteiger partial charge in [0.15, 0.2) is 0 Å². The summed E-state index contributed by atoms with van der Waals surface area (Å²) >= 11 is 3.43. The summed E-state index contributed by atoms with van der Waals surface area (Å²) < 4.78 is 0.943. The van der Waals surface area contributed by atoms with Crippen LogP contribution in [0.15, 0.2) is 40.9 Å². The first-order chi connectivity index (χ1) is 9.69. The molecule has 0 bridgehead atoms. The largest absolute Gasteiger partial charge is 0.340 e. The van der Waals surface area contributed by atoms with Gasteiger partial charge >= 0.3 is 0 Å². The molecule has 2 aromatic carbocycles. The maximum absolute atomic E-state index is 9.37. The molecule has 1 aliphatic rings. The second kappa shape index (κ2) is 5.30. The monoisotopic (exact) mass is 326 g/mol. The zero-order valence-corrected chi connectivity index (χ0v) is 12.9. The quantitative estimate of drug-likeness (QED) is 0.758. The fourth-order valence-electron chi connectivity index (χ4n) is 2.81. The van der Waals surface area contributed by atoms with Crippen LogP contribution >= 0.6 is 15.9 Å². The number of aryl methyl sites for hydroxylation is 2. The molecule has 2 aromatic rings. The van der Waals surface area contributed by atoms with Gasteiger partial charge in [0.2, 0.25) is 0 Å². The second-order valence-corrected chi connectivity index (χ2v) is 6.08. The van der Waals surface area contributed by atoms with Gasteiger partial charge in [0.1, 0.15) is 6.07 Å². The van der Waals surface area contributed by atoms with E-state index >= 15 is 0 Å². The Labute approximate surface area is 127 Å². The van der Waals surface area contributed by atoms with E-state index < -0.39 is 0 Å². The van der Waals surface area contributed by atoms with Crippen LogP contribution in [0.3, 0.4) is 0 Å². The lowest BCUT2D eigenvalue weighted by molar-refractivity contribution is 0.765. The highest BCUT2D eigenvalue weighted by Crippen LogP contribution is 2.36. The predicted molar refractivity (Wildman–Crippen MR) is 85.4 cm³/mol. The molecule has 0 aromatic heterocycles. The van der Waals surface area contributed by atoms with Crippen LogP contribution in [0, 0.1) is 18.3 Å². The average molecular weight is 327 g/mol. The maximum atomic E-state index is 9.37. The predicted octanol–water partition coefficient (Wildman–Crippen LogP) is 4.71. The number of fused-ring (bicyclic) bond motifs is 1. The van der Waals surface area contributed by atoms with Gasteiger partial charge in [-0.05, 0) is 49.6 Å². The number of hydrogen-bond acceptors (Lipinski definition) is 2. The van der Waals surface area contributed by atoms with E-state index in [1.54, 1.807) is 0 Å². The van der Waals surface area contributed by atoms with Crippen molar-refractivity contribution >= 4 is 27.3 Å². The van der Waals surface area contributed by atoms with E-state index in [2.05, 4.69) is 52.0 Å². The van der Waals surface area contributed by atoms with Crippen LogP contribution in [0.4, 0.5) is 11.4 Å². The van der Waals surface area contributed by atoms with Gasteiger partial charge in [-0.25, -0.2) is 0 Å². The zero-order chi connectivity index (χ0) is 14.1. The van der Waals surface area contributed by atoms with Crippen molar-refractivity contribution in [3.05, 3.63) is 57.6 Å². The van der Waals surface area contributed by atoms with Crippen molar-refractivity contribution in [3.8, 4) is 6.07 Å². The number of anilines is 2. The number of benzene rings is 2. The smallest absolute Gasteiger partial charge is 0.101 e. The average Bonchev–Trinajstić information content (AvgIpc) is 2.46. The van der Waals surface area contributed by atoms with Crippen molar-refractivity contribution in [1.82, 2.24) is 0 Å². The molecule has 0 spiro atoms. The maximum Gasteiger partial charge on any atom is 0.101 e. The van der Waals surface area contributed by atoms with Gasteiger partial charge in [-0.15, -0.1) is 0 Å². The van der Waals surface area contributed by atoms with Gasteiger partial charge in [-0.2, -0.15) is 5.26 Å². The molecule has 100 valence electrons. The molecule has 0 aliphatic carbocycles. The number of nitriles is 1. The number of nitrogens with zero attached hydrogens (tertiary/aromatic N) is 2. The Morgan fingerprint density at radius 1 is 1.15 bits per heavy atom. The molecule has 1 aliphatic heterocycles. The minimum absolute atomic E-state index is 0.716. The molecule has 0 N–H and O–H groups in total. The van der Waals surface area contributed by atoms with Crippen molar-refractivity contribution in [1.29, 1.82) is 5.26 Å². The summed E-state index contributed by atoms with van der Waals surface area (Å²) in [6, 6.07) is 14.8. The third-order valence-electron chi connectivity index (χ3n) is 3.72. The first kappa shape index (κ1) is 13.2. The molecule has 0 atom stereocenters. The Kier molecular flexibility index (Phi) is 3.50. The number of rotatable bonds is 1. The summed E-state index contributed by atoms with van der Waals surface area (Å²) in [7, 11) is 0. The molecule has 2 nitrogen and oxygen atoms in total. The fraction of sp³-hybridized carbons (Fsp3) is 0.235. The summed E-state index contributed by atoms with van der Waals surface area (Å²) in [6.45, 7) is 3.09. The highest BCUT2D eigenvalue weighted by atomic mass is 79.9. The standard InChI is InChI=1S/C17H15BrN2/c1-12-4-6-16-13(9-12)3-2-8-20(16)17-7-5-15(18)10-14(17)11-19/h4-7,9-10H,2-3,8H2,1H3. The summed E-state index contributed by atoms with van der Waals surface area (Å²) in [5.74, 6) is 0. The molecule has 0 fully saturated rings. The molecule has 0 unspecified atom stereocenters. The third-order valence-corrected chi connectivity index (χ3v) is 4.22. The van der Waals surface area contributed by atoms with Crippen molar-refractivity contribution in [2.24, 2.45) is 0 Å². The first-order valence-corrected chi connectivity index (χ1v) is 7.55. The normalized spacial score (nSPS) is 13.8. The number of halogens is 1. The van der Waals surface area contributed by atoms with E-state index in [4.69, 9.17) is 0 Å². The summed E-state index contributed by atoms with van der Waals surface area (Å²) in [4.78, 5) is 2.27. The SMILES string of the molecule is Cc1ccc2c(c1)CCCN2c1ccc(Br)cc1C#N. The van der Waals surface area contributed by atoms with Gasteiger partial charge in [-0.1, -0.05) is 33.6 Å². The van der Waals surface area contributed by atoms with E-state index in [1.165, 1.54) is 16.8 Å². The summed E-state index contributed by atoms with van der Waals surface area (Å²) in [5, 5.41) is 9.37. The van der Waals surface area contributed by atoms with Crippen LogP contribution in [0.2, 0.25) is 0 Å². The molecule has 0 saturated heterocycles. The van der Waals surface area contributed by atoms with Crippen LogP contribution in [0.25, 0.3) is 0 Å². The van der Waals surface area contributed by atoms with Crippen molar-refractivity contribution in [3.63, 3.8) is 0 Å². The molecule has 0 saturated carbocycles. The highest BCUT2D eigenvalue weighted by molar-refractivity contribution is 9.10. The van der Waals surface area contributed by atoms with E-state index in [9.17, 15) is 5.26 Å². The van der Waals surface area contributed by atoms with Gasteiger partial charge in [0.05, 0.1) is 11.3 Å². The Bertz CT molecular complexity index is 701. The van der Waals surface area contributed by atoms with Gasteiger partial charge in [-0.3, -0.25) is 0 Å². The van der Waals surface area contributed by atoms with Crippen LogP contribution < -0.4 is 4.90 Å². The second-order valence-electron chi connectivity index (χ2n) is 5.16. The van der Waals surface area contributed by atoms with Gasteiger partial charge < -0.3 is 4.90 Å². The molecule has 20 heavy (non-hydrogen) atoms. The highest BCUT2D eigenvalue weighted by Gasteiger charge is 2.20. The lowest BCUT2D eigenvalue weighted by atomic mass is 9.98. The van der Waals surface area contributed by atoms with E-state index in [1.807, 2.05) is 18.2 Å². The Morgan fingerprint density at radius 2 is 1.95 bits per heavy atom. The van der Waals surface area contributed by atoms with Crippen LogP contribution in [-0.4, -0.2) is 6.54 Å². The molecule has 3 heteroatoms. The van der Waals surface area contributed by atoms with Crippen molar-refractivity contribution in [2.45, 2.75) is 19.8 Å². The molecule has 0 amide bonds. The molecule has 3 rings (SSSR count). The van der Waals surface area contributed by atoms with Gasteiger partial charge in [0, 0.05) is 16.7 Å². The lowest BCUT2D eigenvalue weighted by Crippen LogP contribution is -2.25. The third kappa shape index (κ3) is 2.32. The van der Waals surface area contributed by atoms with Crippen molar-refractivity contribution < 1.29 is 0 Å². The van der Waals surface area contributed by atoms with E-state index in [-0.39, 0.29) is 0 Å². The Hall–Kier alpha value is -1.79. The first-order valence-electron chi connectivity index (χ1n) is 6.76. The molecular formula is C17H15BrN2. The Balaban J connectivity index is 2.12. The molecular weight excluding hydrogens is 312 g/mol. The Morgan fingerprint density at radius 3 is 2.75 bits per heavy atom. The van der Waals surface area contributed by atoms with Crippen molar-refractivity contribution in [2.75, 3.05) is 11.4 Å². The minimum atomic E-state index is 0.716. The minimum Gasteiger partial charge on any atom is -0.340 e. The van der Waals surface area contributed by atoms with Crippen LogP contribution in [-0.2, 0) is 6.42 Å². The fourth-order valence-corrected chi connectivity index (χ4v) is 3.17. The topological polar surface area (TPSA) is 27.0 Å². The molecule has 1 heterocycles. The number of hydrogen-bond donors (Lipinski definition) is 0. The van der Waals surface area contributed by atoms with Crippen LogP contribution in [0.1, 0.15) is 23.1 Å². The van der Waals surface area contributed by atoms with Crippen LogP contribution in [0.5, 0.6) is 0 Å². The summed E-state index contributed by atoms with van der Waals surface area (Å²) in [6.07, 6.45) is 2.24.